The number of hydrogen-bond donors (Lipinski definition) is 10. The number of halogens is 2. The van der Waals surface area contributed by atoms with Gasteiger partial charge in [0.2, 0.25) is 23.7 Å². The zero-order valence-electron chi connectivity index (χ0n) is 50.8. The number of esters is 1. The minimum atomic E-state index is -0.932. The van der Waals surface area contributed by atoms with Gasteiger partial charge in [-0.25, -0.2) is 19.9 Å². The minimum Gasteiger partial charge on any atom is -0.480 e. The van der Waals surface area contributed by atoms with Crippen molar-refractivity contribution in [2.45, 2.75) is 75.5 Å². The van der Waals surface area contributed by atoms with Crippen LogP contribution in [0.1, 0.15) is 72.1 Å². The first kappa shape index (κ1) is 67.4. The van der Waals surface area contributed by atoms with Gasteiger partial charge >= 0.3 is 11.9 Å². The molecule has 476 valence electrons. The van der Waals surface area contributed by atoms with Gasteiger partial charge in [-0.2, -0.15) is 0 Å². The first-order chi connectivity index (χ1) is 44.0. The van der Waals surface area contributed by atoms with E-state index in [1.54, 1.807) is 97.0 Å². The molecule has 2 aliphatic rings. The highest BCUT2D eigenvalue weighted by Gasteiger charge is 2.27. The van der Waals surface area contributed by atoms with Crippen LogP contribution in [0.2, 0.25) is 10.0 Å². The summed E-state index contributed by atoms with van der Waals surface area (Å²) in [6.07, 6.45) is 20.0. The van der Waals surface area contributed by atoms with Gasteiger partial charge in [-0.3, -0.25) is 38.6 Å². The Kier molecular flexibility index (Phi) is 24.7. The summed E-state index contributed by atoms with van der Waals surface area (Å²) in [6, 6.07) is 29.6. The van der Waals surface area contributed by atoms with E-state index in [-0.39, 0.29) is 66.9 Å². The number of fused-ring (bicyclic) bond motifs is 2. The molecular weight excluding hydrogens is 1200 g/mol. The molecule has 4 atom stereocenters. The van der Waals surface area contributed by atoms with Gasteiger partial charge in [0.25, 0.3) is 11.8 Å². The molecule has 10 rings (SSSR count). The Morgan fingerprint density at radius 2 is 1.00 bits per heavy atom. The predicted octanol–water partition coefficient (Wildman–Crippen LogP) is 9.58. The number of benzene rings is 4. The summed E-state index contributed by atoms with van der Waals surface area (Å²) in [5, 5.41) is 37.5. The number of aliphatic carboxylic acids is 1. The number of nitrogens with zero attached hydrogens (tertiary/aromatic N) is 6. The normalized spacial score (nSPS) is 16.3. The molecule has 0 radical (unpaired) electrons. The smallest absolute Gasteiger partial charge is 0.319 e. The standard InChI is InChI=1S/C33H36ClN7O4.C32H34ClN7O4.CH4O/c1-41(20-30(43)45-2)16-6-11-29(42)37-22-14-12-21(13-15-22)32(44)38-23-7-5-8-24(17-23)39-33-36-19-27(34)31(40-33)26-18-35-28-10-4-3-9-25(26)28;1-40(19-29(42)43)15-5-10-28(41)36-21-13-11-20(12-14-21)31(44)37-22-6-4-7-23(16-22)38-32-35-18-26(33)30(39-32)25-17-34-27-9-3-2-8-24(25)27;1-2/h3-4,6,9-15,18-19,23-24,35H,5,7-8,16-17,20H2,1-2H3,(H,37,42)(H,38,44)(H,36,39,40);2-3,5,8-14,17-18,22-23,34H,4,6-7,15-16,19H2,1H3,(H,36,41)(H,37,44)(H,42,43)(H,35,38,39);2H,1H3/b11-6+;10-5+;/t23-,24+;22-,23+;/m00./s1. The number of hydrogen-bond acceptors (Lipinski definition) is 16. The van der Waals surface area contributed by atoms with E-state index in [4.69, 9.17) is 43.4 Å². The number of rotatable bonds is 22. The molecule has 2 aliphatic carbocycles. The van der Waals surface area contributed by atoms with Gasteiger partial charge in [0, 0.05) is 124 Å². The fraction of sp³-hybridized carbons (Fsp3) is 0.303. The summed E-state index contributed by atoms with van der Waals surface area (Å²) in [4.78, 5) is 101. The first-order valence-electron chi connectivity index (χ1n) is 29.6. The molecule has 0 unspecified atom stereocenters. The molecule has 4 aromatic heterocycles. The van der Waals surface area contributed by atoms with E-state index in [2.05, 4.69) is 56.6 Å². The molecule has 2 fully saturated rings. The second kappa shape index (κ2) is 33.3. The van der Waals surface area contributed by atoms with Crippen molar-refractivity contribution in [2.24, 2.45) is 0 Å². The largest absolute Gasteiger partial charge is 0.480 e. The predicted molar refractivity (Wildman–Crippen MR) is 354 cm³/mol. The molecular formula is C66H74Cl2N14O9. The Hall–Kier alpha value is -9.52. The molecule has 23 nitrogen and oxygen atoms in total. The highest BCUT2D eigenvalue weighted by molar-refractivity contribution is 6.33. The van der Waals surface area contributed by atoms with Crippen molar-refractivity contribution >= 4 is 104 Å². The van der Waals surface area contributed by atoms with Crippen molar-refractivity contribution < 1.29 is 43.7 Å². The average Bonchev–Trinajstić information content (AvgIpc) is 2.27. The fourth-order valence-corrected chi connectivity index (χ4v) is 11.1. The van der Waals surface area contributed by atoms with Crippen LogP contribution in [0.3, 0.4) is 0 Å². The van der Waals surface area contributed by atoms with E-state index in [0.717, 1.165) is 91.4 Å². The topological polar surface area (TPSA) is 314 Å². The summed E-state index contributed by atoms with van der Waals surface area (Å²) in [7, 11) is 5.74. The van der Waals surface area contributed by atoms with Crippen LogP contribution in [0.4, 0.5) is 23.3 Å². The number of carbonyl (C=O) groups excluding carboxylic acids is 5. The summed E-state index contributed by atoms with van der Waals surface area (Å²) in [5.74, 6) is -1.29. The maximum absolute atomic E-state index is 13.0. The number of para-hydroxylation sites is 2. The molecule has 4 amide bonds. The molecule has 0 bridgehead atoms. The van der Waals surface area contributed by atoms with Crippen molar-refractivity contribution in [3.8, 4) is 22.5 Å². The SMILES string of the molecule is CN(C/C=C/C(=O)Nc1ccc(C(=O)N[C@H]2CCC[C@@H](Nc3ncc(Cl)c(-c4c[nH]c5ccccc45)n3)C2)cc1)CC(=O)O.CO.COC(=O)CN(C)C/C=C/C(=O)Nc1ccc(C(=O)N[C@H]2CCC[C@@H](Nc3ncc(Cl)c(-c4c[nH]c5ccccc45)n3)C2)cc1. The molecule has 4 aromatic carbocycles. The van der Waals surface area contributed by atoms with Crippen LogP contribution in [-0.2, 0) is 23.9 Å². The van der Waals surface area contributed by atoms with Crippen molar-refractivity contribution in [1.29, 1.82) is 0 Å². The van der Waals surface area contributed by atoms with E-state index in [1.807, 2.05) is 60.9 Å². The molecule has 4 heterocycles. The van der Waals surface area contributed by atoms with Gasteiger partial charge in [-0.1, -0.05) is 71.8 Å². The average molecular weight is 1280 g/mol. The Labute approximate surface area is 536 Å². The Morgan fingerprint density at radius 1 is 0.593 bits per heavy atom. The summed E-state index contributed by atoms with van der Waals surface area (Å²) in [6.45, 7) is 0.763. The third kappa shape index (κ3) is 19.7. The second-order valence-electron chi connectivity index (χ2n) is 21.9. The number of nitrogens with one attached hydrogen (secondary N) is 8. The number of amides is 4. The Morgan fingerprint density at radius 3 is 1.42 bits per heavy atom. The molecule has 0 aliphatic heterocycles. The molecule has 10 N–H and O–H groups in total. The van der Waals surface area contributed by atoms with Gasteiger partial charge < -0.3 is 56.8 Å². The van der Waals surface area contributed by atoms with E-state index in [1.165, 1.54) is 19.3 Å². The van der Waals surface area contributed by atoms with Crippen molar-refractivity contribution in [3.63, 3.8) is 0 Å². The zero-order valence-corrected chi connectivity index (χ0v) is 52.4. The highest BCUT2D eigenvalue weighted by atomic mass is 35.5. The number of carbonyl (C=O) groups is 6. The van der Waals surface area contributed by atoms with Crippen LogP contribution in [0, 0.1) is 0 Å². The van der Waals surface area contributed by atoms with Gasteiger partial charge in [-0.05, 0) is 126 Å². The number of ether oxygens (including phenoxy) is 1. The molecule has 91 heavy (non-hydrogen) atoms. The third-order valence-electron chi connectivity index (χ3n) is 15.1. The van der Waals surface area contributed by atoms with Crippen LogP contribution < -0.4 is 31.9 Å². The van der Waals surface area contributed by atoms with Crippen molar-refractivity contribution in [2.75, 3.05) is 75.8 Å². The summed E-state index contributed by atoms with van der Waals surface area (Å²) < 4.78 is 4.63. The number of aromatic nitrogens is 6. The van der Waals surface area contributed by atoms with Gasteiger partial charge in [0.1, 0.15) is 0 Å². The summed E-state index contributed by atoms with van der Waals surface area (Å²) in [5.41, 5.74) is 7.27. The number of carboxylic acid groups (broad SMARTS) is 1. The fourth-order valence-electron chi connectivity index (χ4n) is 10.7. The lowest BCUT2D eigenvalue weighted by Gasteiger charge is -2.30. The van der Waals surface area contributed by atoms with Crippen LogP contribution in [0.15, 0.2) is 146 Å². The van der Waals surface area contributed by atoms with Crippen LogP contribution in [0.25, 0.3) is 44.3 Å². The number of carboxylic acids is 1. The monoisotopic (exact) mass is 1280 g/mol. The lowest BCUT2D eigenvalue weighted by molar-refractivity contribution is -0.141. The number of aromatic amines is 2. The number of aliphatic hydroxyl groups excluding tert-OH is 1. The van der Waals surface area contributed by atoms with E-state index >= 15 is 0 Å². The van der Waals surface area contributed by atoms with Gasteiger partial charge in [-0.15, -0.1) is 0 Å². The molecule has 0 spiro atoms. The lowest BCUT2D eigenvalue weighted by atomic mass is 9.91. The first-order valence-corrected chi connectivity index (χ1v) is 30.4. The molecule has 25 heteroatoms. The second-order valence-corrected chi connectivity index (χ2v) is 22.7. The van der Waals surface area contributed by atoms with Crippen LogP contribution >= 0.6 is 23.2 Å². The van der Waals surface area contributed by atoms with E-state index in [0.29, 0.717) is 68.9 Å². The lowest BCUT2D eigenvalue weighted by Crippen LogP contribution is -2.42. The van der Waals surface area contributed by atoms with Gasteiger partial charge in [0.15, 0.2) is 0 Å². The number of anilines is 4. The van der Waals surface area contributed by atoms with Crippen molar-refractivity contribution in [1.82, 2.24) is 50.3 Å². The third-order valence-corrected chi connectivity index (χ3v) is 15.6. The maximum Gasteiger partial charge on any atom is 0.319 e. The molecule has 2 saturated carbocycles. The minimum absolute atomic E-state index is 0.00836. The highest BCUT2D eigenvalue weighted by Crippen LogP contribution is 2.35. The van der Waals surface area contributed by atoms with Crippen molar-refractivity contribution in [3.05, 3.63) is 167 Å². The summed E-state index contributed by atoms with van der Waals surface area (Å²) >= 11 is 13.0. The van der Waals surface area contributed by atoms with Crippen LogP contribution in [0.5, 0.6) is 0 Å². The van der Waals surface area contributed by atoms with E-state index in [9.17, 15) is 28.8 Å². The molecule has 8 aromatic rings. The molecule has 0 saturated heterocycles. The number of aliphatic hydroxyl groups is 1. The van der Waals surface area contributed by atoms with Gasteiger partial charge in [0.05, 0.1) is 54.0 Å². The Balaban J connectivity index is 0.000000228. The van der Waals surface area contributed by atoms with Crippen LogP contribution in [-0.4, -0.2) is 164 Å². The van der Waals surface area contributed by atoms with E-state index < -0.39 is 5.97 Å². The maximum atomic E-state index is 13.0. The number of methoxy groups -OCH3 is 1. The Bertz CT molecular complexity index is 3860. The zero-order chi connectivity index (χ0) is 64.8. The number of likely N-dealkylation sites (N-methyl/N-ethyl adjacent to an activating group) is 2. The quantitative estimate of drug-likeness (QED) is 0.0223. The number of H-pyrrole nitrogens is 2.